The number of likely N-dealkylation sites (tertiary alicyclic amines) is 1. The SMILES string of the molecule is O=C1C[C@H]2CN(C(=O)NCc3ccc(OC(F)(F)F)cc3)C[C@H]2CN1. The maximum Gasteiger partial charge on any atom is 0.573 e. The Labute approximate surface area is 142 Å². The number of halogens is 3. The van der Waals surface area contributed by atoms with Gasteiger partial charge in [-0.3, -0.25) is 4.79 Å². The summed E-state index contributed by atoms with van der Waals surface area (Å²) >= 11 is 0. The van der Waals surface area contributed by atoms with Crippen LogP contribution in [-0.2, 0) is 11.3 Å². The molecule has 2 heterocycles. The molecule has 0 bridgehead atoms. The van der Waals surface area contributed by atoms with Crippen molar-refractivity contribution in [1.29, 1.82) is 0 Å². The molecule has 2 aliphatic heterocycles. The Balaban J connectivity index is 1.48. The number of ether oxygens (including phenoxy) is 1. The van der Waals surface area contributed by atoms with Gasteiger partial charge in [0.15, 0.2) is 0 Å². The second-order valence-corrected chi connectivity index (χ2v) is 6.28. The molecule has 2 fully saturated rings. The van der Waals surface area contributed by atoms with Crippen LogP contribution in [0.3, 0.4) is 0 Å². The summed E-state index contributed by atoms with van der Waals surface area (Å²) in [7, 11) is 0. The highest BCUT2D eigenvalue weighted by atomic mass is 19.4. The van der Waals surface area contributed by atoms with Gasteiger partial charge in [0.05, 0.1) is 0 Å². The van der Waals surface area contributed by atoms with Gasteiger partial charge in [-0.05, 0) is 29.5 Å². The average molecular weight is 357 g/mol. The van der Waals surface area contributed by atoms with Gasteiger partial charge < -0.3 is 20.3 Å². The van der Waals surface area contributed by atoms with Crippen molar-refractivity contribution in [2.75, 3.05) is 19.6 Å². The quantitative estimate of drug-likeness (QED) is 0.868. The Kier molecular flexibility index (Phi) is 4.73. The second kappa shape index (κ2) is 6.81. The first-order chi connectivity index (χ1) is 11.8. The van der Waals surface area contributed by atoms with Gasteiger partial charge >= 0.3 is 12.4 Å². The Hall–Kier alpha value is -2.45. The van der Waals surface area contributed by atoms with Crippen LogP contribution in [0.5, 0.6) is 5.75 Å². The van der Waals surface area contributed by atoms with E-state index >= 15 is 0 Å². The number of benzene rings is 1. The van der Waals surface area contributed by atoms with E-state index in [9.17, 15) is 22.8 Å². The van der Waals surface area contributed by atoms with Gasteiger partial charge in [-0.25, -0.2) is 4.79 Å². The summed E-state index contributed by atoms with van der Waals surface area (Å²) in [5.74, 6) is 0.189. The minimum absolute atomic E-state index is 0.0182. The van der Waals surface area contributed by atoms with Crippen molar-refractivity contribution >= 4 is 11.9 Å². The smallest absolute Gasteiger partial charge is 0.406 e. The van der Waals surface area contributed by atoms with Crippen LogP contribution in [0.1, 0.15) is 12.0 Å². The molecule has 1 aromatic rings. The maximum absolute atomic E-state index is 12.2. The number of carbonyl (C=O) groups excluding carboxylic acids is 2. The molecule has 0 radical (unpaired) electrons. The largest absolute Gasteiger partial charge is 0.573 e. The normalized spacial score (nSPS) is 23.0. The Morgan fingerprint density at radius 2 is 1.92 bits per heavy atom. The van der Waals surface area contributed by atoms with Gasteiger partial charge in [-0.2, -0.15) is 0 Å². The molecule has 9 heteroatoms. The van der Waals surface area contributed by atoms with Crippen LogP contribution in [0.15, 0.2) is 24.3 Å². The molecule has 2 aliphatic rings. The molecule has 0 aromatic heterocycles. The topological polar surface area (TPSA) is 70.7 Å². The average Bonchev–Trinajstić information content (AvgIpc) is 2.95. The molecule has 0 aliphatic carbocycles. The molecule has 3 rings (SSSR count). The molecule has 0 saturated carbocycles. The predicted octanol–water partition coefficient (Wildman–Crippen LogP) is 1.86. The van der Waals surface area contributed by atoms with E-state index in [1.54, 1.807) is 4.90 Å². The summed E-state index contributed by atoms with van der Waals surface area (Å²) in [5, 5.41) is 5.55. The third kappa shape index (κ3) is 4.55. The van der Waals surface area contributed by atoms with E-state index < -0.39 is 6.36 Å². The standard InChI is InChI=1S/C16H18F3N3O3/c17-16(18,19)25-13-3-1-10(2-4-13)6-21-15(24)22-8-11-5-14(23)20-7-12(11)9-22/h1-4,11-12H,5-9H2,(H,20,23)(H,21,24)/t11-,12+/m0/s1. The van der Waals surface area contributed by atoms with Crippen molar-refractivity contribution in [3.63, 3.8) is 0 Å². The van der Waals surface area contributed by atoms with Gasteiger partial charge in [0.1, 0.15) is 5.75 Å². The number of nitrogens with zero attached hydrogens (tertiary/aromatic N) is 1. The Morgan fingerprint density at radius 3 is 2.60 bits per heavy atom. The fourth-order valence-electron chi connectivity index (χ4n) is 3.22. The lowest BCUT2D eigenvalue weighted by Gasteiger charge is -2.23. The van der Waals surface area contributed by atoms with Crippen LogP contribution in [0.4, 0.5) is 18.0 Å². The molecule has 2 saturated heterocycles. The van der Waals surface area contributed by atoms with E-state index in [0.29, 0.717) is 31.6 Å². The molecule has 0 unspecified atom stereocenters. The molecule has 3 amide bonds. The van der Waals surface area contributed by atoms with E-state index in [0.717, 1.165) is 0 Å². The van der Waals surface area contributed by atoms with Crippen molar-refractivity contribution < 1.29 is 27.5 Å². The highest BCUT2D eigenvalue weighted by Gasteiger charge is 2.38. The summed E-state index contributed by atoms with van der Waals surface area (Å²) in [5.41, 5.74) is 0.663. The van der Waals surface area contributed by atoms with E-state index in [-0.39, 0.29) is 36.1 Å². The zero-order valence-electron chi connectivity index (χ0n) is 13.3. The molecule has 136 valence electrons. The number of hydrogen-bond acceptors (Lipinski definition) is 3. The number of nitrogens with one attached hydrogen (secondary N) is 2. The zero-order chi connectivity index (χ0) is 18.0. The molecular formula is C16H18F3N3O3. The first-order valence-corrected chi connectivity index (χ1v) is 7.94. The molecule has 2 N–H and O–H groups in total. The predicted molar refractivity (Wildman–Crippen MR) is 81.5 cm³/mol. The summed E-state index contributed by atoms with van der Waals surface area (Å²) in [6, 6.07) is 5.10. The van der Waals surface area contributed by atoms with Crippen molar-refractivity contribution in [3.05, 3.63) is 29.8 Å². The van der Waals surface area contributed by atoms with Gasteiger partial charge in [-0.15, -0.1) is 13.2 Å². The van der Waals surface area contributed by atoms with E-state index in [2.05, 4.69) is 15.4 Å². The second-order valence-electron chi connectivity index (χ2n) is 6.28. The summed E-state index contributed by atoms with van der Waals surface area (Å²) < 4.78 is 40.1. The number of amides is 3. The Morgan fingerprint density at radius 1 is 1.24 bits per heavy atom. The first kappa shape index (κ1) is 17.4. The number of fused-ring (bicyclic) bond motifs is 1. The van der Waals surface area contributed by atoms with Crippen LogP contribution in [-0.4, -0.2) is 42.8 Å². The lowest BCUT2D eigenvalue weighted by Crippen LogP contribution is -2.40. The number of alkyl halides is 3. The van der Waals surface area contributed by atoms with E-state index in [4.69, 9.17) is 0 Å². The van der Waals surface area contributed by atoms with E-state index in [1.807, 2.05) is 0 Å². The number of rotatable bonds is 3. The summed E-state index contributed by atoms with van der Waals surface area (Å²) in [6.07, 6.45) is -4.28. The lowest BCUT2D eigenvalue weighted by molar-refractivity contribution is -0.274. The lowest BCUT2D eigenvalue weighted by atomic mass is 9.89. The molecule has 0 spiro atoms. The minimum Gasteiger partial charge on any atom is -0.406 e. The van der Waals surface area contributed by atoms with E-state index in [1.165, 1.54) is 24.3 Å². The monoisotopic (exact) mass is 357 g/mol. The molecule has 6 nitrogen and oxygen atoms in total. The number of hydrogen-bond donors (Lipinski definition) is 2. The van der Waals surface area contributed by atoms with Crippen molar-refractivity contribution in [2.24, 2.45) is 11.8 Å². The first-order valence-electron chi connectivity index (χ1n) is 7.94. The fraction of sp³-hybridized carbons (Fsp3) is 0.500. The van der Waals surface area contributed by atoms with Gasteiger partial charge in [0, 0.05) is 32.6 Å². The third-order valence-corrected chi connectivity index (χ3v) is 4.47. The van der Waals surface area contributed by atoms with Crippen LogP contribution in [0, 0.1) is 11.8 Å². The molecular weight excluding hydrogens is 339 g/mol. The van der Waals surface area contributed by atoms with Crippen LogP contribution < -0.4 is 15.4 Å². The summed E-state index contributed by atoms with van der Waals surface area (Å²) in [6.45, 7) is 1.93. The number of piperidine rings is 1. The third-order valence-electron chi connectivity index (χ3n) is 4.47. The van der Waals surface area contributed by atoms with Crippen LogP contribution >= 0.6 is 0 Å². The van der Waals surface area contributed by atoms with Gasteiger partial charge in [0.25, 0.3) is 0 Å². The highest BCUT2D eigenvalue weighted by Crippen LogP contribution is 2.28. The number of urea groups is 1. The Bertz CT molecular complexity index is 648. The minimum atomic E-state index is -4.72. The van der Waals surface area contributed by atoms with Gasteiger partial charge in [-0.1, -0.05) is 12.1 Å². The maximum atomic E-state index is 12.2. The summed E-state index contributed by atoms with van der Waals surface area (Å²) in [4.78, 5) is 25.3. The molecule has 1 aromatic carbocycles. The van der Waals surface area contributed by atoms with Crippen LogP contribution in [0.2, 0.25) is 0 Å². The zero-order valence-corrected chi connectivity index (χ0v) is 13.3. The molecule has 2 atom stereocenters. The van der Waals surface area contributed by atoms with Crippen molar-refractivity contribution in [3.8, 4) is 5.75 Å². The fourth-order valence-corrected chi connectivity index (χ4v) is 3.22. The molecule has 25 heavy (non-hydrogen) atoms. The van der Waals surface area contributed by atoms with Gasteiger partial charge in [0.2, 0.25) is 5.91 Å². The highest BCUT2D eigenvalue weighted by molar-refractivity contribution is 5.78. The van der Waals surface area contributed by atoms with Crippen molar-refractivity contribution in [1.82, 2.24) is 15.5 Å². The number of carbonyl (C=O) groups is 2. The van der Waals surface area contributed by atoms with Crippen molar-refractivity contribution in [2.45, 2.75) is 19.3 Å². The van der Waals surface area contributed by atoms with Crippen LogP contribution in [0.25, 0.3) is 0 Å².